The van der Waals surface area contributed by atoms with Gasteiger partial charge >= 0.3 is 0 Å². The van der Waals surface area contributed by atoms with E-state index < -0.39 is 6.10 Å². The van der Waals surface area contributed by atoms with Crippen molar-refractivity contribution in [3.63, 3.8) is 0 Å². The van der Waals surface area contributed by atoms with Crippen LogP contribution in [0.15, 0.2) is 22.9 Å². The number of hydrogen-bond acceptors (Lipinski definition) is 4. The molecular formula is C14H20ClN3O2. The first-order valence-corrected chi connectivity index (χ1v) is 7.02. The van der Waals surface area contributed by atoms with Gasteiger partial charge in [-0.15, -0.1) is 0 Å². The molecule has 0 saturated heterocycles. The van der Waals surface area contributed by atoms with Gasteiger partial charge in [0.25, 0.3) is 0 Å². The van der Waals surface area contributed by atoms with Gasteiger partial charge in [-0.3, -0.25) is 4.68 Å². The van der Waals surface area contributed by atoms with Crippen molar-refractivity contribution < 1.29 is 9.52 Å². The fourth-order valence-corrected chi connectivity index (χ4v) is 2.39. The van der Waals surface area contributed by atoms with Gasteiger partial charge in [0.1, 0.15) is 11.9 Å². The highest BCUT2D eigenvalue weighted by atomic mass is 35.5. The number of aliphatic hydroxyl groups excluding tert-OH is 1. The zero-order valence-electron chi connectivity index (χ0n) is 12.0. The van der Waals surface area contributed by atoms with Gasteiger partial charge in [-0.1, -0.05) is 18.5 Å². The molecule has 2 heterocycles. The summed E-state index contributed by atoms with van der Waals surface area (Å²) in [6.45, 7) is 3.48. The second-order valence-corrected chi connectivity index (χ2v) is 5.37. The highest BCUT2D eigenvalue weighted by Crippen LogP contribution is 2.30. The first kappa shape index (κ1) is 15.1. The lowest BCUT2D eigenvalue weighted by Crippen LogP contribution is -2.21. The van der Waals surface area contributed by atoms with Crippen molar-refractivity contribution in [2.24, 2.45) is 0 Å². The maximum atomic E-state index is 10.6. The maximum absolute atomic E-state index is 10.6. The number of rotatable bonds is 6. The molecule has 0 saturated carbocycles. The molecule has 2 rings (SSSR count). The quantitative estimate of drug-likeness (QED) is 0.889. The van der Waals surface area contributed by atoms with Crippen molar-refractivity contribution in [1.82, 2.24) is 14.7 Å². The normalized spacial score (nSPS) is 13.1. The van der Waals surface area contributed by atoms with Crippen molar-refractivity contribution in [3.8, 4) is 0 Å². The second kappa shape index (κ2) is 6.43. The Kier molecular flexibility index (Phi) is 4.86. The molecule has 0 bridgehead atoms. The zero-order valence-corrected chi connectivity index (χ0v) is 12.8. The van der Waals surface area contributed by atoms with E-state index in [1.807, 2.05) is 21.0 Å². The number of aliphatic hydroxyl groups is 1. The lowest BCUT2D eigenvalue weighted by Gasteiger charge is -2.16. The van der Waals surface area contributed by atoms with Gasteiger partial charge in [0, 0.05) is 18.5 Å². The van der Waals surface area contributed by atoms with Crippen molar-refractivity contribution in [3.05, 3.63) is 40.6 Å². The Labute approximate surface area is 123 Å². The van der Waals surface area contributed by atoms with Crippen LogP contribution in [0.25, 0.3) is 0 Å². The van der Waals surface area contributed by atoms with Crippen LogP contribution < -0.4 is 0 Å². The third kappa shape index (κ3) is 3.06. The molecule has 0 aliphatic heterocycles. The standard InChI is InChI=1S/C14H20ClN3O2/c1-4-12-10(5-8-20-12)14(19)13-11(15)9-16-18(13)7-6-17(2)3/h5,8-9,14,19H,4,6-7H2,1-3H3. The number of nitrogens with zero attached hydrogens (tertiary/aromatic N) is 3. The van der Waals surface area contributed by atoms with Gasteiger partial charge < -0.3 is 14.4 Å². The molecule has 0 aliphatic carbocycles. The number of halogens is 1. The van der Waals surface area contributed by atoms with Gasteiger partial charge in [0.15, 0.2) is 0 Å². The van der Waals surface area contributed by atoms with Crippen molar-refractivity contribution in [2.45, 2.75) is 26.0 Å². The average molecular weight is 298 g/mol. The summed E-state index contributed by atoms with van der Waals surface area (Å²) in [5, 5.41) is 15.3. The number of likely N-dealkylation sites (N-methyl/N-ethyl adjacent to an activating group) is 1. The number of aromatic nitrogens is 2. The molecule has 0 aromatic carbocycles. The lowest BCUT2D eigenvalue weighted by atomic mass is 10.1. The average Bonchev–Trinajstić information content (AvgIpc) is 3.01. The van der Waals surface area contributed by atoms with Gasteiger partial charge in [-0.05, 0) is 20.2 Å². The van der Waals surface area contributed by atoms with Crippen LogP contribution in [-0.4, -0.2) is 40.4 Å². The van der Waals surface area contributed by atoms with Crippen LogP contribution >= 0.6 is 11.6 Å². The summed E-state index contributed by atoms with van der Waals surface area (Å²) in [4.78, 5) is 2.06. The Hall–Kier alpha value is -1.30. The highest BCUT2D eigenvalue weighted by molar-refractivity contribution is 6.31. The van der Waals surface area contributed by atoms with Crippen molar-refractivity contribution in [2.75, 3.05) is 20.6 Å². The van der Waals surface area contributed by atoms with Crippen LogP contribution in [0.1, 0.15) is 30.0 Å². The number of aryl methyl sites for hydroxylation is 1. The van der Waals surface area contributed by atoms with E-state index in [-0.39, 0.29) is 0 Å². The molecule has 0 aliphatic rings. The van der Waals surface area contributed by atoms with E-state index in [2.05, 4.69) is 10.00 Å². The molecule has 0 fully saturated rings. The SMILES string of the molecule is CCc1occc1C(O)c1c(Cl)cnn1CCN(C)C. The molecule has 0 radical (unpaired) electrons. The fourth-order valence-electron chi connectivity index (χ4n) is 2.15. The van der Waals surface area contributed by atoms with E-state index in [0.29, 0.717) is 17.3 Å². The summed E-state index contributed by atoms with van der Waals surface area (Å²) in [7, 11) is 3.99. The van der Waals surface area contributed by atoms with E-state index in [4.69, 9.17) is 16.0 Å². The molecule has 20 heavy (non-hydrogen) atoms. The first-order chi connectivity index (χ1) is 9.54. The second-order valence-electron chi connectivity index (χ2n) is 4.96. The Bertz CT molecular complexity index is 563. The Morgan fingerprint density at radius 2 is 2.25 bits per heavy atom. The predicted molar refractivity (Wildman–Crippen MR) is 77.9 cm³/mol. The minimum absolute atomic E-state index is 0.472. The molecule has 110 valence electrons. The first-order valence-electron chi connectivity index (χ1n) is 6.64. The number of hydrogen-bond donors (Lipinski definition) is 1. The van der Waals surface area contributed by atoms with Crippen LogP contribution in [0.5, 0.6) is 0 Å². The Morgan fingerprint density at radius 1 is 1.50 bits per heavy atom. The van der Waals surface area contributed by atoms with E-state index in [0.717, 1.165) is 24.3 Å². The maximum Gasteiger partial charge on any atom is 0.126 e. The van der Waals surface area contributed by atoms with E-state index in [9.17, 15) is 5.11 Å². The molecule has 2 aromatic heterocycles. The highest BCUT2D eigenvalue weighted by Gasteiger charge is 2.23. The third-order valence-corrected chi connectivity index (χ3v) is 3.54. The van der Waals surface area contributed by atoms with Gasteiger partial charge in [0.05, 0.1) is 29.7 Å². The summed E-state index contributed by atoms with van der Waals surface area (Å²) < 4.78 is 7.12. The van der Waals surface area contributed by atoms with E-state index in [1.54, 1.807) is 23.2 Å². The van der Waals surface area contributed by atoms with E-state index in [1.165, 1.54) is 0 Å². The molecule has 0 spiro atoms. The molecule has 0 amide bonds. The molecule has 1 unspecified atom stereocenters. The molecule has 1 atom stereocenters. The Morgan fingerprint density at radius 3 is 2.90 bits per heavy atom. The predicted octanol–water partition coefficient (Wildman–Crippen LogP) is 2.34. The minimum Gasteiger partial charge on any atom is -0.469 e. The summed E-state index contributed by atoms with van der Waals surface area (Å²) in [6.07, 6.45) is 3.07. The van der Waals surface area contributed by atoms with Gasteiger partial charge in [-0.2, -0.15) is 5.10 Å². The summed E-state index contributed by atoms with van der Waals surface area (Å²) in [5.41, 5.74) is 1.37. The van der Waals surface area contributed by atoms with Crippen LogP contribution in [-0.2, 0) is 13.0 Å². The van der Waals surface area contributed by atoms with Crippen molar-refractivity contribution in [1.29, 1.82) is 0 Å². The molecule has 6 heteroatoms. The summed E-state index contributed by atoms with van der Waals surface area (Å²) in [5.74, 6) is 0.772. The van der Waals surface area contributed by atoms with Gasteiger partial charge in [0.2, 0.25) is 0 Å². The lowest BCUT2D eigenvalue weighted by molar-refractivity contribution is 0.203. The van der Waals surface area contributed by atoms with Gasteiger partial charge in [-0.25, -0.2) is 0 Å². The number of furan rings is 1. The Balaban J connectivity index is 2.29. The fraction of sp³-hybridized carbons (Fsp3) is 0.500. The van der Waals surface area contributed by atoms with E-state index >= 15 is 0 Å². The molecule has 1 N–H and O–H groups in total. The van der Waals surface area contributed by atoms with Crippen LogP contribution in [0.4, 0.5) is 0 Å². The summed E-state index contributed by atoms with van der Waals surface area (Å²) >= 11 is 6.18. The van der Waals surface area contributed by atoms with Crippen LogP contribution in [0.3, 0.4) is 0 Å². The third-order valence-electron chi connectivity index (χ3n) is 3.25. The molecule has 5 nitrogen and oxygen atoms in total. The van der Waals surface area contributed by atoms with Crippen LogP contribution in [0, 0.1) is 0 Å². The molecule has 2 aromatic rings. The summed E-state index contributed by atoms with van der Waals surface area (Å²) in [6, 6.07) is 1.78. The monoisotopic (exact) mass is 297 g/mol. The largest absolute Gasteiger partial charge is 0.469 e. The molecular weight excluding hydrogens is 278 g/mol. The minimum atomic E-state index is -0.819. The topological polar surface area (TPSA) is 54.4 Å². The smallest absolute Gasteiger partial charge is 0.126 e. The zero-order chi connectivity index (χ0) is 14.7. The van der Waals surface area contributed by atoms with Crippen LogP contribution in [0.2, 0.25) is 5.02 Å². The van der Waals surface area contributed by atoms with Crippen molar-refractivity contribution >= 4 is 11.6 Å².